The van der Waals surface area contributed by atoms with Crippen LogP contribution in [0.5, 0.6) is 0 Å². The Morgan fingerprint density at radius 1 is 0.765 bits per heavy atom. The molecule has 3 aliphatic heterocycles. The first-order chi connectivity index (χ1) is 16.6. The van der Waals surface area contributed by atoms with Gasteiger partial charge in [-0.3, -0.25) is 19.3 Å². The summed E-state index contributed by atoms with van der Waals surface area (Å²) in [5, 5.41) is 0. The summed E-state index contributed by atoms with van der Waals surface area (Å²) in [6.45, 7) is 4.92. The number of carbonyl (C=O) groups is 3. The zero-order valence-electron chi connectivity index (χ0n) is 20.2. The SMILES string of the molecule is O=C(CN1CCN(C(=O)C2CC3CCCCC3N2C(=O)c2ccccc2)CC1)N1CCCCC1. The van der Waals surface area contributed by atoms with Crippen LogP contribution in [-0.2, 0) is 9.59 Å². The van der Waals surface area contributed by atoms with Gasteiger partial charge in [0.25, 0.3) is 5.91 Å². The molecule has 7 heteroatoms. The van der Waals surface area contributed by atoms with E-state index >= 15 is 0 Å². The Morgan fingerprint density at radius 3 is 2.21 bits per heavy atom. The minimum Gasteiger partial charge on any atom is -0.342 e. The highest BCUT2D eigenvalue weighted by Gasteiger charge is 2.48. The molecular formula is C27H38N4O3. The summed E-state index contributed by atoms with van der Waals surface area (Å²) in [6.07, 6.45) is 8.65. The monoisotopic (exact) mass is 466 g/mol. The molecule has 3 unspecified atom stereocenters. The first-order valence-electron chi connectivity index (χ1n) is 13.3. The predicted octanol–water partition coefficient (Wildman–Crippen LogP) is 2.62. The van der Waals surface area contributed by atoms with Crippen LogP contribution < -0.4 is 0 Å². The molecule has 5 rings (SSSR count). The van der Waals surface area contributed by atoms with Crippen molar-refractivity contribution in [1.82, 2.24) is 19.6 Å². The highest BCUT2D eigenvalue weighted by atomic mass is 16.2. The summed E-state index contributed by atoms with van der Waals surface area (Å²) in [6, 6.07) is 9.24. The fourth-order valence-electron chi connectivity index (χ4n) is 6.47. The predicted molar refractivity (Wildman–Crippen MR) is 130 cm³/mol. The number of likely N-dealkylation sites (tertiary alicyclic amines) is 2. The first-order valence-corrected chi connectivity index (χ1v) is 13.3. The Labute approximate surface area is 203 Å². The Bertz CT molecular complexity index is 877. The number of hydrogen-bond acceptors (Lipinski definition) is 4. The van der Waals surface area contributed by atoms with Gasteiger partial charge in [-0.15, -0.1) is 0 Å². The summed E-state index contributed by atoms with van der Waals surface area (Å²) in [7, 11) is 0. The van der Waals surface area contributed by atoms with Crippen molar-refractivity contribution in [3.63, 3.8) is 0 Å². The minimum absolute atomic E-state index is 0.000820. The number of hydrogen-bond donors (Lipinski definition) is 0. The van der Waals surface area contributed by atoms with Gasteiger partial charge in [0.1, 0.15) is 6.04 Å². The molecule has 3 heterocycles. The lowest BCUT2D eigenvalue weighted by Gasteiger charge is -2.39. The summed E-state index contributed by atoms with van der Waals surface area (Å²) in [5.41, 5.74) is 0.674. The molecule has 1 aliphatic carbocycles. The molecular weight excluding hydrogens is 428 g/mol. The summed E-state index contributed by atoms with van der Waals surface area (Å²) >= 11 is 0. The fraction of sp³-hybridized carbons (Fsp3) is 0.667. The Balaban J connectivity index is 1.22. The fourth-order valence-corrected chi connectivity index (χ4v) is 6.47. The molecule has 0 N–H and O–H groups in total. The summed E-state index contributed by atoms with van der Waals surface area (Å²) in [5.74, 6) is 0.748. The number of carbonyl (C=O) groups excluding carboxylic acids is 3. The highest BCUT2D eigenvalue weighted by molar-refractivity contribution is 5.98. The maximum atomic E-state index is 13.7. The van der Waals surface area contributed by atoms with E-state index in [1.54, 1.807) is 0 Å². The second-order valence-electron chi connectivity index (χ2n) is 10.5. The summed E-state index contributed by atoms with van der Waals surface area (Å²) < 4.78 is 0. The Morgan fingerprint density at radius 2 is 1.47 bits per heavy atom. The number of benzene rings is 1. The molecule has 184 valence electrons. The molecule has 0 radical (unpaired) electrons. The van der Waals surface area contributed by atoms with Crippen molar-refractivity contribution in [1.29, 1.82) is 0 Å². The van der Waals surface area contributed by atoms with Crippen LogP contribution in [0.1, 0.15) is 61.7 Å². The van der Waals surface area contributed by atoms with Crippen LogP contribution >= 0.6 is 0 Å². The van der Waals surface area contributed by atoms with Crippen molar-refractivity contribution in [2.75, 3.05) is 45.8 Å². The van der Waals surface area contributed by atoms with Gasteiger partial charge in [0.15, 0.2) is 0 Å². The number of rotatable bonds is 4. The van der Waals surface area contributed by atoms with Gasteiger partial charge >= 0.3 is 0 Å². The molecule has 0 aromatic heterocycles. The average molecular weight is 467 g/mol. The van der Waals surface area contributed by atoms with Gasteiger partial charge in [-0.2, -0.15) is 0 Å². The number of fused-ring (bicyclic) bond motifs is 1. The van der Waals surface area contributed by atoms with E-state index in [-0.39, 0.29) is 29.8 Å². The van der Waals surface area contributed by atoms with Crippen LogP contribution in [0.25, 0.3) is 0 Å². The largest absolute Gasteiger partial charge is 0.342 e. The van der Waals surface area contributed by atoms with Gasteiger partial charge in [0.2, 0.25) is 11.8 Å². The molecule has 4 fully saturated rings. The average Bonchev–Trinajstić information content (AvgIpc) is 3.29. The van der Waals surface area contributed by atoms with E-state index in [0.717, 1.165) is 64.7 Å². The molecule has 0 spiro atoms. The zero-order chi connectivity index (χ0) is 23.5. The van der Waals surface area contributed by atoms with Crippen molar-refractivity contribution in [3.05, 3.63) is 35.9 Å². The number of piperazine rings is 1. The molecule has 34 heavy (non-hydrogen) atoms. The van der Waals surface area contributed by atoms with Crippen molar-refractivity contribution in [2.45, 2.75) is 63.5 Å². The van der Waals surface area contributed by atoms with Crippen molar-refractivity contribution < 1.29 is 14.4 Å². The van der Waals surface area contributed by atoms with E-state index < -0.39 is 0 Å². The highest BCUT2D eigenvalue weighted by Crippen LogP contribution is 2.41. The lowest BCUT2D eigenvalue weighted by molar-refractivity contribution is -0.138. The van der Waals surface area contributed by atoms with E-state index in [4.69, 9.17) is 0 Å². The van der Waals surface area contributed by atoms with Gasteiger partial charge in [0, 0.05) is 50.9 Å². The van der Waals surface area contributed by atoms with E-state index in [9.17, 15) is 14.4 Å². The van der Waals surface area contributed by atoms with Crippen LogP contribution in [0.3, 0.4) is 0 Å². The van der Waals surface area contributed by atoms with Crippen molar-refractivity contribution >= 4 is 17.7 Å². The third-order valence-electron chi connectivity index (χ3n) is 8.38. The number of piperidine rings is 1. The van der Waals surface area contributed by atoms with Crippen LogP contribution in [0.4, 0.5) is 0 Å². The van der Waals surface area contributed by atoms with Crippen molar-refractivity contribution in [2.24, 2.45) is 5.92 Å². The van der Waals surface area contributed by atoms with Gasteiger partial charge in [0.05, 0.1) is 6.54 Å². The number of amides is 3. The van der Waals surface area contributed by atoms with Gasteiger partial charge in [-0.1, -0.05) is 31.0 Å². The normalized spacial score (nSPS) is 28.0. The Kier molecular flexibility index (Phi) is 7.18. The lowest BCUT2D eigenvalue weighted by atomic mass is 9.84. The van der Waals surface area contributed by atoms with E-state index in [1.807, 2.05) is 45.0 Å². The van der Waals surface area contributed by atoms with Gasteiger partial charge in [-0.25, -0.2) is 0 Å². The molecule has 7 nitrogen and oxygen atoms in total. The molecule has 4 aliphatic rings. The molecule has 3 atom stereocenters. The third-order valence-corrected chi connectivity index (χ3v) is 8.38. The van der Waals surface area contributed by atoms with Crippen LogP contribution in [0.15, 0.2) is 30.3 Å². The minimum atomic E-state index is -0.359. The summed E-state index contributed by atoms with van der Waals surface area (Å²) in [4.78, 5) is 47.9. The molecule has 3 saturated heterocycles. The van der Waals surface area contributed by atoms with Crippen LogP contribution in [0.2, 0.25) is 0 Å². The van der Waals surface area contributed by atoms with Crippen molar-refractivity contribution in [3.8, 4) is 0 Å². The third kappa shape index (κ3) is 4.85. The second-order valence-corrected chi connectivity index (χ2v) is 10.5. The maximum Gasteiger partial charge on any atom is 0.254 e. The molecule has 1 aromatic rings. The van der Waals surface area contributed by atoms with Crippen LogP contribution in [0, 0.1) is 5.92 Å². The Hall–Kier alpha value is -2.41. The van der Waals surface area contributed by atoms with Gasteiger partial charge in [-0.05, 0) is 56.6 Å². The molecule has 1 saturated carbocycles. The molecule has 1 aromatic carbocycles. The van der Waals surface area contributed by atoms with Crippen LogP contribution in [-0.4, -0.2) is 95.2 Å². The zero-order valence-corrected chi connectivity index (χ0v) is 20.2. The standard InChI is InChI=1S/C27H38N4O3/c32-25(29-13-7-2-8-14-29)20-28-15-17-30(18-16-28)27(34)24-19-22-11-5-6-12-23(22)31(24)26(33)21-9-3-1-4-10-21/h1,3-4,9-10,22-24H,2,5-8,11-20H2. The van der Waals surface area contributed by atoms with Gasteiger partial charge < -0.3 is 14.7 Å². The van der Waals surface area contributed by atoms with E-state index in [0.29, 0.717) is 31.1 Å². The second kappa shape index (κ2) is 10.5. The lowest BCUT2D eigenvalue weighted by Crippen LogP contribution is -2.56. The molecule has 3 amide bonds. The smallest absolute Gasteiger partial charge is 0.254 e. The van der Waals surface area contributed by atoms with E-state index in [1.165, 1.54) is 12.8 Å². The topological polar surface area (TPSA) is 64.2 Å². The molecule has 0 bridgehead atoms. The number of nitrogens with zero attached hydrogens (tertiary/aromatic N) is 4. The quantitative estimate of drug-likeness (QED) is 0.684. The van der Waals surface area contributed by atoms with E-state index in [2.05, 4.69) is 4.90 Å². The maximum absolute atomic E-state index is 13.7. The first kappa shape index (κ1) is 23.3.